The minimum Gasteiger partial charge on any atom is -0.323 e. The number of carbonyl (C=O) groups is 2. The van der Waals surface area contributed by atoms with Crippen molar-refractivity contribution in [1.82, 2.24) is 4.90 Å². The molecular formula is C15H17BrN2O2S. The smallest absolute Gasteiger partial charge is 0.248 e. The summed E-state index contributed by atoms with van der Waals surface area (Å²) in [5.74, 6) is 0.647. The lowest BCUT2D eigenvalue weighted by Gasteiger charge is -2.29. The van der Waals surface area contributed by atoms with E-state index in [9.17, 15) is 9.59 Å². The Labute approximate surface area is 136 Å². The minimum atomic E-state index is -0.372. The number of amides is 2. The third-order valence-electron chi connectivity index (χ3n) is 4.13. The van der Waals surface area contributed by atoms with Gasteiger partial charge in [0.2, 0.25) is 11.8 Å². The lowest BCUT2D eigenvalue weighted by molar-refractivity contribution is -0.135. The van der Waals surface area contributed by atoms with E-state index in [0.717, 1.165) is 22.1 Å². The molecule has 2 heterocycles. The molecule has 1 aromatic carbocycles. The van der Waals surface area contributed by atoms with Crippen LogP contribution >= 0.6 is 27.7 Å². The average molecular weight is 369 g/mol. The summed E-state index contributed by atoms with van der Waals surface area (Å²) in [7, 11) is 0. The number of benzene rings is 1. The Balaban J connectivity index is 1.78. The third-order valence-corrected chi connectivity index (χ3v) is 6.29. The van der Waals surface area contributed by atoms with Crippen molar-refractivity contribution in [2.45, 2.75) is 37.6 Å². The Morgan fingerprint density at radius 3 is 3.00 bits per heavy atom. The summed E-state index contributed by atoms with van der Waals surface area (Å²) in [5.41, 5.74) is 1.87. The molecule has 2 saturated heterocycles. The van der Waals surface area contributed by atoms with Gasteiger partial charge in [0, 0.05) is 16.6 Å². The van der Waals surface area contributed by atoms with E-state index < -0.39 is 0 Å². The number of thioether (sulfide) groups is 1. The van der Waals surface area contributed by atoms with Crippen LogP contribution in [0.3, 0.4) is 0 Å². The highest BCUT2D eigenvalue weighted by molar-refractivity contribution is 9.10. The molecule has 4 nitrogen and oxygen atoms in total. The first-order chi connectivity index (χ1) is 9.90. The van der Waals surface area contributed by atoms with Crippen LogP contribution in [0.5, 0.6) is 0 Å². The van der Waals surface area contributed by atoms with E-state index in [1.54, 1.807) is 16.7 Å². The van der Waals surface area contributed by atoms with Crippen LogP contribution < -0.4 is 5.32 Å². The fourth-order valence-electron chi connectivity index (χ4n) is 2.95. The summed E-state index contributed by atoms with van der Waals surface area (Å²) in [6, 6.07) is 5.42. The number of fused-ring (bicyclic) bond motifs is 1. The highest BCUT2D eigenvalue weighted by Gasteiger charge is 2.52. The number of aryl methyl sites for hydroxylation is 1. The second-order valence-electron chi connectivity index (χ2n) is 5.74. The number of hydrogen-bond acceptors (Lipinski definition) is 3. The Kier molecular flexibility index (Phi) is 3.78. The Morgan fingerprint density at radius 2 is 2.29 bits per heavy atom. The Morgan fingerprint density at radius 1 is 1.52 bits per heavy atom. The van der Waals surface area contributed by atoms with Gasteiger partial charge in [0.05, 0.1) is 10.6 Å². The van der Waals surface area contributed by atoms with Gasteiger partial charge in [0.1, 0.15) is 6.04 Å². The fourth-order valence-corrected chi connectivity index (χ4v) is 4.98. The SMILES string of the molecule is Cc1ccc(NC(=O)[C@H]2CS[C@]3(C)CCC(=O)N23)c(Br)c1. The quantitative estimate of drug-likeness (QED) is 0.871. The second kappa shape index (κ2) is 5.32. The van der Waals surface area contributed by atoms with Crippen LogP contribution in [0, 0.1) is 6.92 Å². The number of rotatable bonds is 2. The van der Waals surface area contributed by atoms with Gasteiger partial charge in [-0.15, -0.1) is 11.8 Å². The predicted molar refractivity (Wildman–Crippen MR) is 88.2 cm³/mol. The average Bonchev–Trinajstić information content (AvgIpc) is 2.90. The van der Waals surface area contributed by atoms with E-state index in [1.807, 2.05) is 25.1 Å². The number of hydrogen-bond donors (Lipinski definition) is 1. The molecule has 2 aliphatic rings. The Bertz CT molecular complexity index is 622. The van der Waals surface area contributed by atoms with Crippen molar-refractivity contribution in [2.75, 3.05) is 11.1 Å². The van der Waals surface area contributed by atoms with Crippen LogP contribution in [-0.2, 0) is 9.59 Å². The summed E-state index contributed by atoms with van der Waals surface area (Å²) < 4.78 is 0.858. The summed E-state index contributed by atoms with van der Waals surface area (Å²) in [4.78, 5) is 26.2. The van der Waals surface area contributed by atoms with Crippen molar-refractivity contribution >= 4 is 45.2 Å². The highest BCUT2D eigenvalue weighted by Crippen LogP contribution is 2.47. The zero-order valence-electron chi connectivity index (χ0n) is 12.0. The molecule has 1 N–H and O–H groups in total. The molecule has 0 aromatic heterocycles. The lowest BCUT2D eigenvalue weighted by atomic mass is 10.2. The van der Waals surface area contributed by atoms with Crippen LogP contribution in [-0.4, -0.2) is 33.4 Å². The number of halogens is 1. The Hall–Kier alpha value is -1.01. The van der Waals surface area contributed by atoms with Gasteiger partial charge in [0.15, 0.2) is 0 Å². The van der Waals surface area contributed by atoms with Gasteiger partial charge in [-0.05, 0) is 53.9 Å². The van der Waals surface area contributed by atoms with Crippen molar-refractivity contribution in [1.29, 1.82) is 0 Å². The molecule has 2 fully saturated rings. The second-order valence-corrected chi connectivity index (χ2v) is 8.09. The zero-order valence-corrected chi connectivity index (χ0v) is 14.4. The van der Waals surface area contributed by atoms with Gasteiger partial charge in [0.25, 0.3) is 0 Å². The van der Waals surface area contributed by atoms with Crippen LogP contribution in [0.15, 0.2) is 22.7 Å². The number of anilines is 1. The molecule has 0 saturated carbocycles. The summed E-state index contributed by atoms with van der Waals surface area (Å²) in [6.45, 7) is 4.05. The maximum absolute atomic E-state index is 12.5. The molecule has 0 unspecified atom stereocenters. The fraction of sp³-hybridized carbons (Fsp3) is 0.467. The first kappa shape index (κ1) is 14.9. The molecule has 0 radical (unpaired) electrons. The molecule has 2 amide bonds. The topological polar surface area (TPSA) is 49.4 Å². The van der Waals surface area contributed by atoms with Crippen LogP contribution in [0.1, 0.15) is 25.3 Å². The van der Waals surface area contributed by atoms with Gasteiger partial charge < -0.3 is 10.2 Å². The molecule has 112 valence electrons. The number of nitrogens with one attached hydrogen (secondary N) is 1. The normalized spacial score (nSPS) is 27.9. The van der Waals surface area contributed by atoms with Crippen molar-refractivity contribution < 1.29 is 9.59 Å². The lowest BCUT2D eigenvalue weighted by Crippen LogP contribution is -2.48. The largest absolute Gasteiger partial charge is 0.323 e. The molecule has 0 spiro atoms. The molecule has 21 heavy (non-hydrogen) atoms. The molecule has 2 aliphatic heterocycles. The standard InChI is InChI=1S/C15H17BrN2O2S/c1-9-3-4-11(10(16)7-9)17-14(20)12-8-21-15(2)6-5-13(19)18(12)15/h3-4,7,12H,5-6,8H2,1-2H3,(H,17,20)/t12-,15-/m1/s1. The van der Waals surface area contributed by atoms with Crippen LogP contribution in [0.4, 0.5) is 5.69 Å². The molecule has 0 aliphatic carbocycles. The van der Waals surface area contributed by atoms with Gasteiger partial charge in [-0.3, -0.25) is 9.59 Å². The van der Waals surface area contributed by atoms with Crippen LogP contribution in [0.25, 0.3) is 0 Å². The van der Waals surface area contributed by atoms with E-state index in [1.165, 1.54) is 0 Å². The molecular weight excluding hydrogens is 352 g/mol. The monoisotopic (exact) mass is 368 g/mol. The first-order valence-corrected chi connectivity index (χ1v) is 8.72. The summed E-state index contributed by atoms with van der Waals surface area (Å²) in [6.07, 6.45) is 1.37. The first-order valence-electron chi connectivity index (χ1n) is 6.94. The highest BCUT2D eigenvalue weighted by atomic mass is 79.9. The van der Waals surface area contributed by atoms with Crippen molar-refractivity contribution in [3.05, 3.63) is 28.2 Å². The van der Waals surface area contributed by atoms with Crippen molar-refractivity contribution in [2.24, 2.45) is 0 Å². The summed E-state index contributed by atoms with van der Waals surface area (Å²) >= 11 is 5.17. The predicted octanol–water partition coefficient (Wildman–Crippen LogP) is 3.15. The molecule has 2 atom stereocenters. The van der Waals surface area contributed by atoms with E-state index >= 15 is 0 Å². The van der Waals surface area contributed by atoms with Gasteiger partial charge in [-0.2, -0.15) is 0 Å². The number of nitrogens with zero attached hydrogens (tertiary/aromatic N) is 1. The maximum Gasteiger partial charge on any atom is 0.248 e. The molecule has 1 aromatic rings. The van der Waals surface area contributed by atoms with E-state index in [4.69, 9.17) is 0 Å². The number of carbonyl (C=O) groups excluding carboxylic acids is 2. The maximum atomic E-state index is 12.5. The van der Waals surface area contributed by atoms with Gasteiger partial charge in [-0.25, -0.2) is 0 Å². The van der Waals surface area contributed by atoms with Crippen molar-refractivity contribution in [3.8, 4) is 0 Å². The molecule has 3 rings (SSSR count). The van der Waals surface area contributed by atoms with Crippen molar-refractivity contribution in [3.63, 3.8) is 0 Å². The van der Waals surface area contributed by atoms with E-state index in [-0.39, 0.29) is 22.7 Å². The summed E-state index contributed by atoms with van der Waals surface area (Å²) in [5, 5.41) is 2.94. The van der Waals surface area contributed by atoms with Crippen LogP contribution in [0.2, 0.25) is 0 Å². The third kappa shape index (κ3) is 2.59. The van der Waals surface area contributed by atoms with Gasteiger partial charge in [-0.1, -0.05) is 6.07 Å². The molecule has 6 heteroatoms. The molecule has 0 bridgehead atoms. The van der Waals surface area contributed by atoms with Gasteiger partial charge >= 0.3 is 0 Å². The van der Waals surface area contributed by atoms with E-state index in [0.29, 0.717) is 12.2 Å². The van der Waals surface area contributed by atoms with E-state index in [2.05, 4.69) is 28.2 Å². The minimum absolute atomic E-state index is 0.0885. The zero-order chi connectivity index (χ0) is 15.2.